The van der Waals surface area contributed by atoms with Gasteiger partial charge >= 0.3 is 0 Å². The van der Waals surface area contributed by atoms with Crippen LogP contribution in [0.25, 0.3) is 0 Å². The summed E-state index contributed by atoms with van der Waals surface area (Å²) in [6.45, 7) is 5.87. The van der Waals surface area contributed by atoms with Crippen LogP contribution in [0.5, 0.6) is 0 Å². The second-order valence-electron chi connectivity index (χ2n) is 7.14. The van der Waals surface area contributed by atoms with Crippen molar-refractivity contribution in [2.75, 3.05) is 31.1 Å². The molecule has 0 N–H and O–H groups in total. The summed E-state index contributed by atoms with van der Waals surface area (Å²) in [5.41, 5.74) is 0.583. The van der Waals surface area contributed by atoms with E-state index in [1.165, 1.54) is 6.42 Å². The number of carbonyl (C=O) groups is 1. The van der Waals surface area contributed by atoms with Crippen molar-refractivity contribution in [1.29, 1.82) is 5.26 Å². The van der Waals surface area contributed by atoms with Crippen LogP contribution < -0.4 is 4.90 Å². The number of amides is 1. The van der Waals surface area contributed by atoms with E-state index in [2.05, 4.69) is 27.8 Å². The number of hydrogen-bond donors (Lipinski definition) is 0. The number of likely N-dealkylation sites (tertiary alicyclic amines) is 1. The van der Waals surface area contributed by atoms with Crippen molar-refractivity contribution in [3.63, 3.8) is 0 Å². The Labute approximate surface area is 144 Å². The SMILES string of the molecule is C[C@@H]1CCCN(C(=O)C2CCN(c3ccc(C#N)cn3)CC2)CC1. The van der Waals surface area contributed by atoms with E-state index in [4.69, 9.17) is 5.26 Å². The molecule has 3 rings (SSSR count). The predicted molar refractivity (Wildman–Crippen MR) is 93.5 cm³/mol. The number of hydrogen-bond acceptors (Lipinski definition) is 4. The Morgan fingerprint density at radius 3 is 2.62 bits per heavy atom. The summed E-state index contributed by atoms with van der Waals surface area (Å²) in [5.74, 6) is 2.17. The fraction of sp³-hybridized carbons (Fsp3) is 0.632. The van der Waals surface area contributed by atoms with Gasteiger partial charge in [0.15, 0.2) is 0 Å². The second kappa shape index (κ2) is 7.65. The Kier molecular flexibility index (Phi) is 5.34. The van der Waals surface area contributed by atoms with Gasteiger partial charge in [-0.15, -0.1) is 0 Å². The largest absolute Gasteiger partial charge is 0.357 e. The van der Waals surface area contributed by atoms with E-state index in [0.29, 0.717) is 11.5 Å². The highest BCUT2D eigenvalue weighted by Gasteiger charge is 2.29. The summed E-state index contributed by atoms with van der Waals surface area (Å²) in [6, 6.07) is 5.80. The number of nitriles is 1. The summed E-state index contributed by atoms with van der Waals surface area (Å²) >= 11 is 0. The van der Waals surface area contributed by atoms with Gasteiger partial charge in [0, 0.05) is 38.3 Å². The molecule has 5 heteroatoms. The Bertz CT molecular complexity index is 599. The molecular formula is C19H26N4O. The number of rotatable bonds is 2. The number of anilines is 1. The van der Waals surface area contributed by atoms with E-state index in [1.807, 2.05) is 6.07 Å². The fourth-order valence-corrected chi connectivity index (χ4v) is 3.74. The van der Waals surface area contributed by atoms with Crippen molar-refractivity contribution < 1.29 is 4.79 Å². The van der Waals surface area contributed by atoms with E-state index in [1.54, 1.807) is 12.3 Å². The molecule has 0 aliphatic carbocycles. The van der Waals surface area contributed by atoms with E-state index in [0.717, 1.165) is 63.6 Å². The van der Waals surface area contributed by atoms with Crippen molar-refractivity contribution in [3.8, 4) is 6.07 Å². The first-order valence-electron chi connectivity index (χ1n) is 9.07. The molecule has 0 radical (unpaired) electrons. The molecule has 0 bridgehead atoms. The van der Waals surface area contributed by atoms with Crippen LogP contribution in [0.4, 0.5) is 5.82 Å². The summed E-state index contributed by atoms with van der Waals surface area (Å²) < 4.78 is 0. The van der Waals surface area contributed by atoms with Crippen molar-refractivity contribution in [3.05, 3.63) is 23.9 Å². The number of piperidine rings is 1. The molecule has 0 unspecified atom stereocenters. The molecule has 1 aromatic heterocycles. The van der Waals surface area contributed by atoms with Gasteiger partial charge in [0.2, 0.25) is 5.91 Å². The Morgan fingerprint density at radius 2 is 1.96 bits per heavy atom. The van der Waals surface area contributed by atoms with Gasteiger partial charge in [0.25, 0.3) is 0 Å². The zero-order valence-electron chi connectivity index (χ0n) is 14.4. The van der Waals surface area contributed by atoms with Crippen LogP contribution in [0.2, 0.25) is 0 Å². The van der Waals surface area contributed by atoms with Crippen LogP contribution in [-0.4, -0.2) is 42.0 Å². The average molecular weight is 326 g/mol. The summed E-state index contributed by atoms with van der Waals surface area (Å²) in [7, 11) is 0. The first-order valence-corrected chi connectivity index (χ1v) is 9.07. The molecule has 0 aromatic carbocycles. The molecule has 1 atom stereocenters. The molecule has 0 saturated carbocycles. The third-order valence-corrected chi connectivity index (χ3v) is 5.37. The quantitative estimate of drug-likeness (QED) is 0.838. The second-order valence-corrected chi connectivity index (χ2v) is 7.14. The normalized spacial score (nSPS) is 22.8. The van der Waals surface area contributed by atoms with Gasteiger partial charge in [-0.1, -0.05) is 6.92 Å². The standard InChI is InChI=1S/C19H26N4O/c1-15-3-2-9-23(10-6-15)19(24)17-7-11-22(12-8-17)18-5-4-16(13-20)14-21-18/h4-5,14-15,17H,2-3,6-12H2,1H3/t15-/m1/s1. The van der Waals surface area contributed by atoms with Gasteiger partial charge < -0.3 is 9.80 Å². The molecule has 2 aliphatic rings. The molecule has 2 saturated heterocycles. The third-order valence-electron chi connectivity index (χ3n) is 5.37. The van der Waals surface area contributed by atoms with E-state index >= 15 is 0 Å². The molecule has 3 heterocycles. The molecule has 1 amide bonds. The lowest BCUT2D eigenvalue weighted by molar-refractivity contribution is -0.136. The topological polar surface area (TPSA) is 60.2 Å². The minimum absolute atomic E-state index is 0.160. The highest BCUT2D eigenvalue weighted by Crippen LogP contribution is 2.25. The van der Waals surface area contributed by atoms with Gasteiger partial charge in [-0.2, -0.15) is 5.26 Å². The highest BCUT2D eigenvalue weighted by atomic mass is 16.2. The third kappa shape index (κ3) is 3.87. The van der Waals surface area contributed by atoms with Crippen LogP contribution in [0, 0.1) is 23.2 Å². The average Bonchev–Trinajstić information content (AvgIpc) is 2.86. The van der Waals surface area contributed by atoms with Crippen LogP contribution in [0.1, 0.15) is 44.6 Å². The zero-order valence-corrected chi connectivity index (χ0v) is 14.4. The molecule has 5 nitrogen and oxygen atoms in total. The van der Waals surface area contributed by atoms with Gasteiger partial charge in [0.05, 0.1) is 5.56 Å². The van der Waals surface area contributed by atoms with E-state index in [-0.39, 0.29) is 5.92 Å². The van der Waals surface area contributed by atoms with Crippen LogP contribution in [0.15, 0.2) is 18.3 Å². The minimum atomic E-state index is 0.160. The molecule has 0 spiro atoms. The Morgan fingerprint density at radius 1 is 1.17 bits per heavy atom. The predicted octanol–water partition coefficient (Wildman–Crippen LogP) is 2.82. The Balaban J connectivity index is 1.54. The summed E-state index contributed by atoms with van der Waals surface area (Å²) in [5, 5.41) is 8.85. The Hall–Kier alpha value is -2.09. The lowest BCUT2D eigenvalue weighted by Crippen LogP contribution is -2.43. The molecule has 24 heavy (non-hydrogen) atoms. The molecular weight excluding hydrogens is 300 g/mol. The number of carbonyl (C=O) groups excluding carboxylic acids is 1. The maximum Gasteiger partial charge on any atom is 0.225 e. The monoisotopic (exact) mass is 326 g/mol. The zero-order chi connectivity index (χ0) is 16.9. The molecule has 1 aromatic rings. The summed E-state index contributed by atoms with van der Waals surface area (Å²) in [6.07, 6.45) is 6.93. The van der Waals surface area contributed by atoms with Crippen LogP contribution in [-0.2, 0) is 4.79 Å². The van der Waals surface area contributed by atoms with Crippen molar-refractivity contribution >= 4 is 11.7 Å². The van der Waals surface area contributed by atoms with Crippen molar-refractivity contribution in [2.45, 2.75) is 39.0 Å². The molecule has 128 valence electrons. The lowest BCUT2D eigenvalue weighted by Gasteiger charge is -2.34. The van der Waals surface area contributed by atoms with Gasteiger partial charge in [-0.25, -0.2) is 4.98 Å². The maximum absolute atomic E-state index is 12.8. The minimum Gasteiger partial charge on any atom is -0.357 e. The van der Waals surface area contributed by atoms with Crippen molar-refractivity contribution in [2.24, 2.45) is 11.8 Å². The molecule has 2 fully saturated rings. The number of nitrogens with zero attached hydrogens (tertiary/aromatic N) is 4. The summed E-state index contributed by atoms with van der Waals surface area (Å²) in [4.78, 5) is 21.5. The lowest BCUT2D eigenvalue weighted by atomic mass is 9.95. The smallest absolute Gasteiger partial charge is 0.225 e. The van der Waals surface area contributed by atoms with Gasteiger partial charge in [-0.05, 0) is 50.2 Å². The molecule has 2 aliphatic heterocycles. The van der Waals surface area contributed by atoms with Gasteiger partial charge in [-0.3, -0.25) is 4.79 Å². The first-order chi connectivity index (χ1) is 11.7. The van der Waals surface area contributed by atoms with E-state index in [9.17, 15) is 4.79 Å². The highest BCUT2D eigenvalue weighted by molar-refractivity contribution is 5.79. The van der Waals surface area contributed by atoms with E-state index < -0.39 is 0 Å². The van der Waals surface area contributed by atoms with Crippen molar-refractivity contribution in [1.82, 2.24) is 9.88 Å². The van der Waals surface area contributed by atoms with Crippen LogP contribution >= 0.6 is 0 Å². The number of pyridine rings is 1. The van der Waals surface area contributed by atoms with Gasteiger partial charge in [0.1, 0.15) is 11.9 Å². The first kappa shape index (κ1) is 16.8. The maximum atomic E-state index is 12.8. The fourth-order valence-electron chi connectivity index (χ4n) is 3.74. The number of aromatic nitrogens is 1. The van der Waals surface area contributed by atoms with Crippen LogP contribution in [0.3, 0.4) is 0 Å².